The van der Waals surface area contributed by atoms with E-state index < -0.39 is 5.97 Å². The van der Waals surface area contributed by atoms with Crippen LogP contribution in [0.5, 0.6) is 0 Å². The molecule has 2 aromatic rings. The fraction of sp³-hybridized carbons (Fsp3) is 0. The maximum absolute atomic E-state index is 10.9. The monoisotopic (exact) mass is 223 g/mol. The molecule has 1 aromatic heterocycles. The summed E-state index contributed by atoms with van der Waals surface area (Å²) >= 11 is 0. The van der Waals surface area contributed by atoms with Crippen LogP contribution >= 0.6 is 0 Å². The highest BCUT2D eigenvalue weighted by Crippen LogP contribution is 2.05. The van der Waals surface area contributed by atoms with Crippen LogP contribution in [-0.4, -0.2) is 16.1 Å². The number of carboxylic acid groups (broad SMARTS) is 1. The highest BCUT2D eigenvalue weighted by Gasteiger charge is 2.06. The molecule has 0 aliphatic carbocycles. The number of rotatable bonds is 1. The molecular formula is C14H9NO2. The van der Waals surface area contributed by atoms with E-state index in [1.165, 1.54) is 18.5 Å². The van der Waals surface area contributed by atoms with Gasteiger partial charge in [0.05, 0.1) is 11.1 Å². The first-order valence-electron chi connectivity index (χ1n) is 5.02. The summed E-state index contributed by atoms with van der Waals surface area (Å²) in [6.07, 6.45) is 2.90. The van der Waals surface area contributed by atoms with Crippen LogP contribution in [0.2, 0.25) is 0 Å². The van der Waals surface area contributed by atoms with Gasteiger partial charge in [-0.3, -0.25) is 4.98 Å². The van der Waals surface area contributed by atoms with Crippen molar-refractivity contribution < 1.29 is 9.90 Å². The second kappa shape index (κ2) is 4.95. The molecule has 0 aliphatic heterocycles. The van der Waals surface area contributed by atoms with E-state index in [0.29, 0.717) is 5.56 Å². The lowest BCUT2D eigenvalue weighted by atomic mass is 10.1. The summed E-state index contributed by atoms with van der Waals surface area (Å²) in [6.45, 7) is 0. The summed E-state index contributed by atoms with van der Waals surface area (Å²) in [4.78, 5) is 14.8. The zero-order valence-electron chi connectivity index (χ0n) is 8.92. The van der Waals surface area contributed by atoms with E-state index in [1.54, 1.807) is 0 Å². The number of carboxylic acids is 1. The Hall–Kier alpha value is -2.60. The van der Waals surface area contributed by atoms with E-state index in [2.05, 4.69) is 16.8 Å². The Morgan fingerprint density at radius 3 is 2.59 bits per heavy atom. The molecule has 3 nitrogen and oxygen atoms in total. The summed E-state index contributed by atoms with van der Waals surface area (Å²) < 4.78 is 0. The summed E-state index contributed by atoms with van der Waals surface area (Å²) in [7, 11) is 0. The van der Waals surface area contributed by atoms with Crippen LogP contribution in [0.1, 0.15) is 21.5 Å². The average Bonchev–Trinajstić information content (AvgIpc) is 2.38. The van der Waals surface area contributed by atoms with Crippen LogP contribution in [0.25, 0.3) is 0 Å². The predicted molar refractivity (Wildman–Crippen MR) is 63.6 cm³/mol. The zero-order valence-corrected chi connectivity index (χ0v) is 8.92. The van der Waals surface area contributed by atoms with E-state index in [0.717, 1.165) is 5.56 Å². The minimum atomic E-state index is -0.996. The molecular weight excluding hydrogens is 214 g/mol. The summed E-state index contributed by atoms with van der Waals surface area (Å²) in [5.74, 6) is 4.72. The molecule has 0 amide bonds. The van der Waals surface area contributed by atoms with Gasteiger partial charge in [0.15, 0.2) is 0 Å². The van der Waals surface area contributed by atoms with Crippen molar-refractivity contribution >= 4 is 5.97 Å². The van der Waals surface area contributed by atoms with Crippen molar-refractivity contribution in [2.45, 2.75) is 0 Å². The normalized spacial score (nSPS) is 9.18. The van der Waals surface area contributed by atoms with Gasteiger partial charge in [-0.1, -0.05) is 30.0 Å². The van der Waals surface area contributed by atoms with Gasteiger partial charge in [0, 0.05) is 18.0 Å². The molecule has 1 aromatic carbocycles. The van der Waals surface area contributed by atoms with Gasteiger partial charge in [-0.2, -0.15) is 0 Å². The fourth-order valence-electron chi connectivity index (χ4n) is 1.34. The van der Waals surface area contributed by atoms with Gasteiger partial charge in [0.2, 0.25) is 0 Å². The van der Waals surface area contributed by atoms with Crippen LogP contribution in [0, 0.1) is 11.8 Å². The topological polar surface area (TPSA) is 50.2 Å². The van der Waals surface area contributed by atoms with E-state index >= 15 is 0 Å². The second-order valence-corrected chi connectivity index (χ2v) is 3.34. The van der Waals surface area contributed by atoms with Crippen molar-refractivity contribution in [2.24, 2.45) is 0 Å². The minimum absolute atomic E-state index is 0.170. The van der Waals surface area contributed by atoms with Crippen molar-refractivity contribution in [1.29, 1.82) is 0 Å². The Labute approximate surface area is 98.8 Å². The highest BCUT2D eigenvalue weighted by atomic mass is 16.4. The Bertz CT molecular complexity index is 594. The number of hydrogen-bond acceptors (Lipinski definition) is 2. The minimum Gasteiger partial charge on any atom is -0.478 e. The molecule has 0 fully saturated rings. The van der Waals surface area contributed by atoms with Crippen LogP contribution in [-0.2, 0) is 0 Å². The lowest BCUT2D eigenvalue weighted by molar-refractivity contribution is 0.0696. The van der Waals surface area contributed by atoms with E-state index in [4.69, 9.17) is 5.11 Å². The number of aromatic carboxylic acids is 1. The van der Waals surface area contributed by atoms with Gasteiger partial charge < -0.3 is 5.11 Å². The number of carbonyl (C=O) groups is 1. The van der Waals surface area contributed by atoms with Gasteiger partial charge in [-0.15, -0.1) is 0 Å². The first-order valence-corrected chi connectivity index (χ1v) is 5.02. The molecule has 0 bridgehead atoms. The maximum Gasteiger partial charge on any atom is 0.337 e. The van der Waals surface area contributed by atoms with Crippen LogP contribution in [0.15, 0.2) is 48.8 Å². The molecule has 0 atom stereocenters. The zero-order chi connectivity index (χ0) is 12.1. The quantitative estimate of drug-likeness (QED) is 0.754. The fourth-order valence-corrected chi connectivity index (χ4v) is 1.34. The van der Waals surface area contributed by atoms with Gasteiger partial charge in [-0.25, -0.2) is 4.79 Å². The van der Waals surface area contributed by atoms with Crippen LogP contribution in [0.4, 0.5) is 0 Å². The third-order valence-electron chi connectivity index (χ3n) is 2.17. The Balaban J connectivity index is 2.38. The van der Waals surface area contributed by atoms with Gasteiger partial charge in [0.25, 0.3) is 0 Å². The predicted octanol–water partition coefficient (Wildman–Crippen LogP) is 2.18. The van der Waals surface area contributed by atoms with Crippen molar-refractivity contribution in [3.8, 4) is 11.8 Å². The largest absolute Gasteiger partial charge is 0.478 e. The van der Waals surface area contributed by atoms with Gasteiger partial charge in [0.1, 0.15) is 0 Å². The molecule has 0 saturated heterocycles. The van der Waals surface area contributed by atoms with Crippen LogP contribution < -0.4 is 0 Å². The van der Waals surface area contributed by atoms with Crippen molar-refractivity contribution in [3.05, 3.63) is 65.5 Å². The molecule has 0 aliphatic rings. The molecule has 3 heteroatoms. The molecule has 2 rings (SSSR count). The third-order valence-corrected chi connectivity index (χ3v) is 2.17. The van der Waals surface area contributed by atoms with E-state index in [9.17, 15) is 4.79 Å². The molecule has 0 radical (unpaired) electrons. The first kappa shape index (κ1) is 10.9. The molecule has 0 saturated carbocycles. The Morgan fingerprint density at radius 2 is 1.88 bits per heavy atom. The molecule has 1 heterocycles. The SMILES string of the molecule is O=C(O)c1ccncc1C#Cc1ccccc1. The summed E-state index contributed by atoms with van der Waals surface area (Å²) in [5.41, 5.74) is 1.43. The van der Waals surface area contributed by atoms with Crippen molar-refractivity contribution in [3.63, 3.8) is 0 Å². The standard InChI is InChI=1S/C14H9NO2/c16-14(17)13-8-9-15-10-12(13)7-6-11-4-2-1-3-5-11/h1-5,8-10H,(H,16,17). The van der Waals surface area contributed by atoms with E-state index in [1.807, 2.05) is 30.3 Å². The van der Waals surface area contributed by atoms with E-state index in [-0.39, 0.29) is 5.56 Å². The smallest absolute Gasteiger partial charge is 0.337 e. The average molecular weight is 223 g/mol. The van der Waals surface area contributed by atoms with Crippen LogP contribution in [0.3, 0.4) is 0 Å². The summed E-state index contributed by atoms with van der Waals surface area (Å²) in [6, 6.07) is 10.8. The molecule has 82 valence electrons. The number of benzene rings is 1. The molecule has 0 spiro atoms. The Kier molecular flexibility index (Phi) is 3.18. The molecule has 17 heavy (non-hydrogen) atoms. The lowest BCUT2D eigenvalue weighted by Gasteiger charge is -1.96. The molecule has 1 N–H and O–H groups in total. The summed E-state index contributed by atoms with van der Waals surface area (Å²) in [5, 5.41) is 8.97. The number of aromatic nitrogens is 1. The van der Waals surface area contributed by atoms with Gasteiger partial charge >= 0.3 is 5.97 Å². The maximum atomic E-state index is 10.9. The Morgan fingerprint density at radius 1 is 1.12 bits per heavy atom. The van der Waals surface area contributed by atoms with Crippen molar-refractivity contribution in [1.82, 2.24) is 4.98 Å². The third kappa shape index (κ3) is 2.70. The number of nitrogens with zero attached hydrogens (tertiary/aromatic N) is 1. The first-order chi connectivity index (χ1) is 8.27. The second-order valence-electron chi connectivity index (χ2n) is 3.34. The van der Waals surface area contributed by atoms with Crippen molar-refractivity contribution in [2.75, 3.05) is 0 Å². The number of pyridine rings is 1. The lowest BCUT2D eigenvalue weighted by Crippen LogP contribution is -2.00. The van der Waals surface area contributed by atoms with Gasteiger partial charge in [-0.05, 0) is 18.2 Å². The number of hydrogen-bond donors (Lipinski definition) is 1. The molecule has 0 unspecified atom stereocenters. The highest BCUT2D eigenvalue weighted by molar-refractivity contribution is 5.90.